The molecule has 5 heterocycles. The number of anilines is 3. The number of methoxy groups -OCH3 is 2. The van der Waals surface area contributed by atoms with Crippen LogP contribution in [0.25, 0.3) is 50.4 Å². The number of carbonyl (C=O) groups is 5. The zero-order valence-electron chi connectivity index (χ0n) is 65.7. The zero-order valence-corrected chi connectivity index (χ0v) is 71.4. The largest absolute Gasteiger partial charge is 0.477 e. The quantitative estimate of drug-likeness (QED) is 0.0278. The Labute approximate surface area is 715 Å². The van der Waals surface area contributed by atoms with Crippen molar-refractivity contribution in [2.75, 3.05) is 35.6 Å². The van der Waals surface area contributed by atoms with Crippen LogP contribution >= 0.6 is 56.7 Å². The lowest BCUT2D eigenvalue weighted by Gasteiger charge is -2.25. The number of carbonyl (C=O) groups excluding carboxylic acids is 4. The zero-order chi connectivity index (χ0) is 85.2. The van der Waals surface area contributed by atoms with Gasteiger partial charge >= 0.3 is 30.1 Å². The maximum atomic E-state index is 14.0. The number of aromatic carboxylic acids is 1. The molecular formula is C93H82F5N3O13S7. The first-order valence-corrected chi connectivity index (χ1v) is 46.5. The number of fused-ring (bicyclic) bond motifs is 5. The van der Waals surface area contributed by atoms with Crippen molar-refractivity contribution < 1.29 is 82.1 Å². The number of alkyl halides is 3. The fourth-order valence-corrected chi connectivity index (χ4v) is 23.5. The molecule has 0 aliphatic heterocycles. The van der Waals surface area contributed by atoms with E-state index in [1.807, 2.05) is 91.9 Å². The second-order valence-corrected chi connectivity index (χ2v) is 39.0. The summed E-state index contributed by atoms with van der Waals surface area (Å²) in [4.78, 5) is 59.1. The second kappa shape index (κ2) is 36.1. The summed E-state index contributed by atoms with van der Waals surface area (Å²) in [5.74, 6) is -1.47. The van der Waals surface area contributed by atoms with Crippen molar-refractivity contribution >= 4 is 172 Å². The third kappa shape index (κ3) is 19.5. The van der Waals surface area contributed by atoms with Crippen molar-refractivity contribution in [1.29, 1.82) is 0 Å². The monoisotopic (exact) mass is 1770 g/mol. The van der Waals surface area contributed by atoms with Gasteiger partial charge in [-0.25, -0.2) is 44.8 Å². The van der Waals surface area contributed by atoms with Crippen LogP contribution in [-0.2, 0) is 47.0 Å². The summed E-state index contributed by atoms with van der Waals surface area (Å²) in [5, 5.41) is 17.1. The van der Waals surface area contributed by atoms with Crippen LogP contribution in [0.4, 0.5) is 37.0 Å². The van der Waals surface area contributed by atoms with Crippen molar-refractivity contribution in [2.24, 2.45) is 5.92 Å². The van der Waals surface area contributed by atoms with Crippen LogP contribution in [0.2, 0.25) is 0 Å². The van der Waals surface area contributed by atoms with Gasteiger partial charge in [-0.1, -0.05) is 109 Å². The minimum atomic E-state index is -4.94. The van der Waals surface area contributed by atoms with E-state index in [9.17, 15) is 62.8 Å². The SMILES string of the molecule is CCOC(=O)c1sc2ccccc2c1C1CC1.COC(=O)c1ccc(S(=O)(=O)N(Cc2ccc(F)c(C(F)(F)F)c2)c2sc3ccccc3c2C2CC2)cc1.COC(=O)c1ccc(S(=O)(=O)Nc2sc3ccccc3c2C2CC2)cc1.Nc1sc2ccccc2c1C1CC1.O=C(O)c1sc2ccccc2c1C1CC1.O=C(c1ccccc1F)C1CC1. The average molecular weight is 1770 g/mol. The Morgan fingerprint density at radius 1 is 0.471 bits per heavy atom. The summed E-state index contributed by atoms with van der Waals surface area (Å²) in [6, 6.07) is 59.7. The molecule has 6 aliphatic carbocycles. The van der Waals surface area contributed by atoms with Crippen LogP contribution in [0, 0.1) is 17.6 Å². The van der Waals surface area contributed by atoms with Gasteiger partial charge in [-0.3, -0.25) is 13.8 Å². The molecule has 6 aliphatic rings. The average Bonchev–Trinajstić information content (AvgIpc) is 1.63. The third-order valence-electron chi connectivity index (χ3n) is 21.4. The molecule has 0 unspecified atom stereocenters. The van der Waals surface area contributed by atoms with E-state index >= 15 is 0 Å². The number of rotatable bonds is 20. The van der Waals surface area contributed by atoms with Crippen molar-refractivity contribution in [3.05, 3.63) is 289 Å². The maximum Gasteiger partial charge on any atom is 0.419 e. The molecule has 6 fully saturated rings. The van der Waals surface area contributed by atoms with Crippen molar-refractivity contribution in [2.45, 2.75) is 136 Å². The molecule has 0 bridgehead atoms. The highest BCUT2D eigenvalue weighted by molar-refractivity contribution is 7.93. The number of hydrogen-bond donors (Lipinski definition) is 3. The molecule has 0 radical (unpaired) electrons. The topological polar surface area (TPSA) is 243 Å². The molecule has 121 heavy (non-hydrogen) atoms. The highest BCUT2D eigenvalue weighted by Crippen LogP contribution is 2.55. The molecule has 4 N–H and O–H groups in total. The summed E-state index contributed by atoms with van der Waals surface area (Å²) in [5.41, 5.74) is 10.9. The predicted octanol–water partition coefficient (Wildman–Crippen LogP) is 24.7. The van der Waals surface area contributed by atoms with Crippen LogP contribution < -0.4 is 14.8 Å². The maximum absolute atomic E-state index is 14.0. The van der Waals surface area contributed by atoms with Crippen molar-refractivity contribution in [3.63, 3.8) is 0 Å². The second-order valence-electron chi connectivity index (χ2n) is 30.2. The minimum absolute atomic E-state index is 0.0207. The molecule has 0 spiro atoms. The van der Waals surface area contributed by atoms with Gasteiger partial charge in [0.25, 0.3) is 20.0 Å². The van der Waals surface area contributed by atoms with E-state index in [0.717, 1.165) is 124 Å². The Bertz CT molecular complexity index is 6490. The normalized spacial score (nSPS) is 14.9. The number of benzene rings is 9. The van der Waals surface area contributed by atoms with Gasteiger partial charge in [-0.2, -0.15) is 13.2 Å². The van der Waals surface area contributed by atoms with Gasteiger partial charge in [0.15, 0.2) is 5.78 Å². The first-order chi connectivity index (χ1) is 58.2. The first-order valence-electron chi connectivity index (χ1n) is 39.5. The minimum Gasteiger partial charge on any atom is -0.477 e. The molecule has 0 atom stereocenters. The highest BCUT2D eigenvalue weighted by atomic mass is 32.2. The number of carboxylic acid groups (broad SMARTS) is 1. The Kier molecular flexibility index (Phi) is 25.5. The number of ether oxygens (including phenoxy) is 3. The third-order valence-corrected chi connectivity index (χ3v) is 30.5. The van der Waals surface area contributed by atoms with Crippen LogP contribution in [0.1, 0.15) is 203 Å². The van der Waals surface area contributed by atoms with Crippen LogP contribution in [0.15, 0.2) is 222 Å². The van der Waals surface area contributed by atoms with Gasteiger partial charge in [0.2, 0.25) is 0 Å². The molecule has 28 heteroatoms. The molecule has 16 nitrogen and oxygen atoms in total. The van der Waals surface area contributed by atoms with Gasteiger partial charge in [0.05, 0.1) is 64.4 Å². The molecule has 5 aromatic heterocycles. The fraction of sp³-hybridized carbons (Fsp3) is 0.258. The van der Waals surface area contributed by atoms with Crippen LogP contribution in [0.5, 0.6) is 0 Å². The van der Waals surface area contributed by atoms with E-state index in [2.05, 4.69) is 50.6 Å². The molecule has 624 valence electrons. The summed E-state index contributed by atoms with van der Waals surface area (Å²) < 4.78 is 145. The lowest BCUT2D eigenvalue weighted by Crippen LogP contribution is -2.31. The standard InChI is InChI=1S/C27H21F4NO4S2.C19H17NO4S2.C14H14O2S.C12H10O2S.C11H11NS.C10H9FO/c1-36-26(33)18-9-11-19(12-10-18)38(34,35)32(15-16-6-13-22(28)21(14-16)27(29,30)31)25-24(17-7-8-17)20-4-2-3-5-23(20)37-25;1-24-19(21)13-8-10-14(11-9-13)26(22,23)20-18-17(12-6-7-12)15-4-2-3-5-16(15)25-18;1-2-16-14(15)13-12(9-7-8-9)10-5-3-4-6-11(10)17-13;13-12(14)11-10(7-5-6-7)8-3-1-2-4-9(8)15-11;12-11-10(7-5-6-7)8-3-1-2-4-9(8)13-11;11-9-4-2-1-3-8(9)10(12)7-5-6-7/h2-6,9-14,17H,7-8,15H2,1H3;2-5,8-12,20H,6-7H2,1H3;3-6,9H,2,7-8H2,1H3;1-4,7H,5-6H2,(H,13,14);1-4,7H,5-6,12H2;1-4,7H,5-6H2. The summed E-state index contributed by atoms with van der Waals surface area (Å²) >= 11 is 7.39. The van der Waals surface area contributed by atoms with Gasteiger partial charge < -0.3 is 25.1 Å². The number of nitrogens with two attached hydrogens (primary N) is 1. The Morgan fingerprint density at radius 2 is 0.884 bits per heavy atom. The number of nitrogen functional groups attached to an aromatic ring is 1. The number of thiophene rings is 5. The van der Waals surface area contributed by atoms with E-state index in [1.54, 1.807) is 40.9 Å². The van der Waals surface area contributed by atoms with E-state index in [4.69, 9.17) is 15.6 Å². The van der Waals surface area contributed by atoms with Gasteiger partial charge in [0, 0.05) is 29.4 Å². The number of nitrogens with one attached hydrogen (secondary N) is 1. The molecule has 0 saturated heterocycles. The predicted molar refractivity (Wildman–Crippen MR) is 471 cm³/mol. The molecular weight excluding hydrogens is 1690 g/mol. The molecule has 6 saturated carbocycles. The number of ketones is 1. The Hall–Kier alpha value is -10.7. The van der Waals surface area contributed by atoms with Gasteiger partial charge in [-0.05, 0) is 277 Å². The Balaban J connectivity index is 0.000000119. The van der Waals surface area contributed by atoms with Gasteiger partial charge in [0.1, 0.15) is 31.4 Å². The van der Waals surface area contributed by atoms with E-state index in [1.165, 1.54) is 160 Å². The number of halogens is 5. The number of Topliss-reactive ketones (excluding diaryl/α,β-unsaturated/α-hetero) is 1. The lowest BCUT2D eigenvalue weighted by atomic mass is 10.1. The molecule has 0 amide bonds. The highest BCUT2D eigenvalue weighted by Gasteiger charge is 2.40. The summed E-state index contributed by atoms with van der Waals surface area (Å²) in [7, 11) is -5.56. The summed E-state index contributed by atoms with van der Waals surface area (Å²) in [6.45, 7) is 1.84. The molecule has 9 aromatic carbocycles. The number of carboxylic acids is 1. The first kappa shape index (κ1) is 85.3. The number of hydrogen-bond acceptors (Lipinski definition) is 18. The van der Waals surface area contributed by atoms with E-state index < -0.39 is 67.9 Å². The van der Waals surface area contributed by atoms with E-state index in [0.29, 0.717) is 56.9 Å². The van der Waals surface area contributed by atoms with Gasteiger partial charge in [-0.15, -0.1) is 56.7 Å². The summed E-state index contributed by atoms with van der Waals surface area (Å²) in [6.07, 6.45) is 8.14. The smallest absolute Gasteiger partial charge is 0.419 e. The van der Waals surface area contributed by atoms with Crippen molar-refractivity contribution in [1.82, 2.24) is 0 Å². The molecule has 14 aromatic rings. The molecule has 20 rings (SSSR count). The van der Waals surface area contributed by atoms with E-state index in [-0.39, 0.29) is 50.1 Å². The number of esters is 3. The van der Waals surface area contributed by atoms with Crippen LogP contribution in [0.3, 0.4) is 0 Å². The van der Waals surface area contributed by atoms with Crippen molar-refractivity contribution in [3.8, 4) is 0 Å². The lowest BCUT2D eigenvalue weighted by molar-refractivity contribution is -0.140. The van der Waals surface area contributed by atoms with Crippen LogP contribution in [-0.4, -0.2) is 72.4 Å². The number of nitrogens with zero attached hydrogens (tertiary/aromatic N) is 1. The Morgan fingerprint density at radius 3 is 1.36 bits per heavy atom. The number of sulfonamides is 2. The fourth-order valence-electron chi connectivity index (χ4n) is 14.6.